The molecule has 7 heteroatoms. The van der Waals surface area contributed by atoms with E-state index in [4.69, 9.17) is 0 Å². The molecule has 0 saturated carbocycles. The minimum atomic E-state index is -0.697. The summed E-state index contributed by atoms with van der Waals surface area (Å²) in [5.41, 5.74) is 2.18. The Hall–Kier alpha value is -2.41. The Balaban J connectivity index is 1.71. The topological polar surface area (TPSA) is 66.3 Å². The number of halogens is 2. The average molecular weight is 389 g/mol. The Bertz CT molecular complexity index is 858. The molecule has 0 radical (unpaired) electrons. The number of aryl methyl sites for hydroxylation is 2. The number of nitrogens with zero attached hydrogens (tertiary/aromatic N) is 3. The van der Waals surface area contributed by atoms with Crippen molar-refractivity contribution in [2.24, 2.45) is 0 Å². The first-order valence-electron chi connectivity index (χ1n) is 9.51. The van der Waals surface area contributed by atoms with E-state index in [2.05, 4.69) is 9.97 Å². The van der Waals surface area contributed by atoms with Gasteiger partial charge in [-0.3, -0.25) is 4.79 Å². The van der Waals surface area contributed by atoms with E-state index in [0.29, 0.717) is 31.8 Å². The summed E-state index contributed by atoms with van der Waals surface area (Å²) in [7, 11) is 0. The normalized spacial score (nSPS) is 16.3. The lowest BCUT2D eigenvalue weighted by atomic mass is 9.88. The molecular formula is C21H25F2N3O2. The molecule has 1 saturated heterocycles. The van der Waals surface area contributed by atoms with Crippen molar-refractivity contribution >= 4 is 5.91 Å². The van der Waals surface area contributed by atoms with Gasteiger partial charge in [0.15, 0.2) is 0 Å². The minimum Gasteiger partial charge on any atom is -0.389 e. The van der Waals surface area contributed by atoms with Crippen LogP contribution in [-0.2, 0) is 11.2 Å². The van der Waals surface area contributed by atoms with Gasteiger partial charge < -0.3 is 10.0 Å². The quantitative estimate of drug-likeness (QED) is 0.871. The first kappa shape index (κ1) is 20.3. The molecule has 5 nitrogen and oxygen atoms in total. The number of rotatable bonds is 4. The monoisotopic (exact) mass is 389 g/mol. The largest absolute Gasteiger partial charge is 0.389 e. The zero-order valence-electron chi connectivity index (χ0n) is 16.4. The molecule has 1 unspecified atom stereocenters. The van der Waals surface area contributed by atoms with Gasteiger partial charge in [0.25, 0.3) is 0 Å². The van der Waals surface area contributed by atoms with Crippen LogP contribution in [0.15, 0.2) is 18.2 Å². The fourth-order valence-electron chi connectivity index (χ4n) is 3.94. The predicted molar refractivity (Wildman–Crippen MR) is 101 cm³/mol. The van der Waals surface area contributed by atoms with Gasteiger partial charge in [0, 0.05) is 35.8 Å². The van der Waals surface area contributed by atoms with Gasteiger partial charge >= 0.3 is 0 Å². The van der Waals surface area contributed by atoms with E-state index in [1.54, 1.807) is 11.8 Å². The summed E-state index contributed by atoms with van der Waals surface area (Å²) in [5, 5.41) is 10.1. The Morgan fingerprint density at radius 3 is 2.39 bits per heavy atom. The molecule has 0 spiro atoms. The van der Waals surface area contributed by atoms with Gasteiger partial charge in [-0.2, -0.15) is 0 Å². The first-order chi connectivity index (χ1) is 13.3. The van der Waals surface area contributed by atoms with Gasteiger partial charge in [-0.05, 0) is 45.7 Å². The molecule has 2 heterocycles. The second kappa shape index (κ2) is 8.31. The highest BCUT2D eigenvalue weighted by atomic mass is 19.1. The zero-order valence-corrected chi connectivity index (χ0v) is 16.4. The van der Waals surface area contributed by atoms with Crippen molar-refractivity contribution in [3.05, 3.63) is 58.2 Å². The minimum absolute atomic E-state index is 0.110. The van der Waals surface area contributed by atoms with Crippen LogP contribution < -0.4 is 0 Å². The molecule has 150 valence electrons. The van der Waals surface area contributed by atoms with Crippen LogP contribution in [0.2, 0.25) is 0 Å². The van der Waals surface area contributed by atoms with E-state index in [0.717, 1.165) is 29.1 Å². The maximum Gasteiger partial charge on any atom is 0.227 e. The van der Waals surface area contributed by atoms with Crippen LogP contribution in [0.4, 0.5) is 8.78 Å². The fourth-order valence-corrected chi connectivity index (χ4v) is 3.94. The zero-order chi connectivity index (χ0) is 20.4. The summed E-state index contributed by atoms with van der Waals surface area (Å²) in [4.78, 5) is 23.1. The van der Waals surface area contributed by atoms with E-state index in [-0.39, 0.29) is 23.8 Å². The lowest BCUT2D eigenvalue weighted by Crippen LogP contribution is -2.39. The fraction of sp³-hybridized carbons (Fsp3) is 0.476. The summed E-state index contributed by atoms with van der Waals surface area (Å²) in [6.07, 6.45) is 0.412. The predicted octanol–water partition coefficient (Wildman–Crippen LogP) is 3.37. The highest BCUT2D eigenvalue weighted by molar-refractivity contribution is 5.79. The number of carbonyl (C=O) groups is 1. The third-order valence-corrected chi connectivity index (χ3v) is 5.32. The number of benzene rings is 1. The summed E-state index contributed by atoms with van der Waals surface area (Å²) in [6.45, 7) is 6.36. The van der Waals surface area contributed by atoms with Crippen molar-refractivity contribution in [1.82, 2.24) is 14.9 Å². The Morgan fingerprint density at radius 2 is 1.82 bits per heavy atom. The number of aliphatic hydroxyl groups is 1. The van der Waals surface area contributed by atoms with Crippen molar-refractivity contribution in [2.75, 3.05) is 13.1 Å². The molecule has 1 aliphatic heterocycles. The van der Waals surface area contributed by atoms with Crippen LogP contribution in [0.3, 0.4) is 0 Å². The average Bonchev–Trinajstić information content (AvgIpc) is 2.63. The summed E-state index contributed by atoms with van der Waals surface area (Å²) in [5.74, 6) is -0.911. The van der Waals surface area contributed by atoms with Crippen molar-refractivity contribution < 1.29 is 18.7 Å². The van der Waals surface area contributed by atoms with Gasteiger partial charge in [0.05, 0.1) is 18.2 Å². The standard InChI is InChI=1S/C21H25F2N3O2/c1-12-20(13(2)27)21(25-14(3)24-12)15-7-9-26(10-8-15)19(28)11-16-17(22)5-4-6-18(16)23/h4-6,13,15,27H,7-11H2,1-3H3. The Morgan fingerprint density at radius 1 is 1.21 bits per heavy atom. The maximum atomic E-state index is 13.8. The number of aliphatic hydroxyl groups excluding tert-OH is 1. The number of piperidine rings is 1. The van der Waals surface area contributed by atoms with Crippen molar-refractivity contribution in [1.29, 1.82) is 0 Å². The highest BCUT2D eigenvalue weighted by Gasteiger charge is 2.29. The second-order valence-electron chi connectivity index (χ2n) is 7.36. The SMILES string of the molecule is Cc1nc(C)c(C(C)O)c(C2CCN(C(=O)Cc3c(F)cccc3F)CC2)n1. The molecule has 2 aromatic rings. The summed E-state index contributed by atoms with van der Waals surface area (Å²) < 4.78 is 27.6. The van der Waals surface area contributed by atoms with Crippen molar-refractivity contribution in [3.63, 3.8) is 0 Å². The molecule has 0 bridgehead atoms. The van der Waals surface area contributed by atoms with Gasteiger partial charge in [-0.25, -0.2) is 18.7 Å². The van der Waals surface area contributed by atoms with Crippen LogP contribution in [0.1, 0.15) is 60.1 Å². The lowest BCUT2D eigenvalue weighted by Gasteiger charge is -2.33. The molecule has 3 rings (SSSR count). The molecular weight excluding hydrogens is 364 g/mol. The van der Waals surface area contributed by atoms with E-state index in [1.165, 1.54) is 6.07 Å². The molecule has 1 amide bonds. The molecule has 1 N–H and O–H groups in total. The number of carbonyl (C=O) groups excluding carboxylic acids is 1. The van der Waals surface area contributed by atoms with Gasteiger partial charge in [0.2, 0.25) is 5.91 Å². The molecule has 28 heavy (non-hydrogen) atoms. The number of amides is 1. The third kappa shape index (κ3) is 4.19. The molecule has 1 aromatic heterocycles. The smallest absolute Gasteiger partial charge is 0.227 e. The number of likely N-dealkylation sites (tertiary alicyclic amines) is 1. The van der Waals surface area contributed by atoms with Gasteiger partial charge in [-0.1, -0.05) is 6.07 Å². The van der Waals surface area contributed by atoms with Crippen molar-refractivity contribution in [2.45, 2.75) is 52.1 Å². The number of hydrogen-bond donors (Lipinski definition) is 1. The molecule has 1 fully saturated rings. The second-order valence-corrected chi connectivity index (χ2v) is 7.36. The maximum absolute atomic E-state index is 13.8. The van der Waals surface area contributed by atoms with Crippen LogP contribution in [0.25, 0.3) is 0 Å². The van der Waals surface area contributed by atoms with Crippen LogP contribution in [0, 0.1) is 25.5 Å². The van der Waals surface area contributed by atoms with E-state index in [9.17, 15) is 18.7 Å². The van der Waals surface area contributed by atoms with Crippen LogP contribution >= 0.6 is 0 Å². The van der Waals surface area contributed by atoms with Gasteiger partial charge in [-0.15, -0.1) is 0 Å². The van der Waals surface area contributed by atoms with Gasteiger partial charge in [0.1, 0.15) is 17.5 Å². The Labute approximate surface area is 163 Å². The number of hydrogen-bond acceptors (Lipinski definition) is 4. The van der Waals surface area contributed by atoms with Crippen molar-refractivity contribution in [3.8, 4) is 0 Å². The lowest BCUT2D eigenvalue weighted by molar-refractivity contribution is -0.131. The molecule has 1 aromatic carbocycles. The molecule has 1 atom stereocenters. The van der Waals surface area contributed by atoms with E-state index < -0.39 is 17.7 Å². The van der Waals surface area contributed by atoms with E-state index >= 15 is 0 Å². The highest BCUT2D eigenvalue weighted by Crippen LogP contribution is 2.33. The van der Waals surface area contributed by atoms with E-state index in [1.807, 2.05) is 13.8 Å². The Kier molecular flexibility index (Phi) is 6.03. The molecule has 0 aliphatic carbocycles. The third-order valence-electron chi connectivity index (χ3n) is 5.32. The molecule has 1 aliphatic rings. The van der Waals surface area contributed by atoms with Crippen LogP contribution in [-0.4, -0.2) is 39.0 Å². The number of aromatic nitrogens is 2. The van der Waals surface area contributed by atoms with Crippen LogP contribution in [0.5, 0.6) is 0 Å². The summed E-state index contributed by atoms with van der Waals surface area (Å²) in [6, 6.07) is 3.61. The summed E-state index contributed by atoms with van der Waals surface area (Å²) >= 11 is 0. The first-order valence-corrected chi connectivity index (χ1v) is 9.51.